The van der Waals surface area contributed by atoms with Crippen LogP contribution in [0.4, 0.5) is 5.69 Å². The Bertz CT molecular complexity index is 571. The van der Waals surface area contributed by atoms with Crippen LogP contribution in [-0.4, -0.2) is 33.2 Å². The van der Waals surface area contributed by atoms with Crippen LogP contribution in [0.15, 0.2) is 29.2 Å². The van der Waals surface area contributed by atoms with Gasteiger partial charge >= 0.3 is 0 Å². The Labute approximate surface area is 121 Å². The number of halogens is 1. The Morgan fingerprint density at radius 1 is 1.37 bits per heavy atom. The predicted molar refractivity (Wildman–Crippen MR) is 76.9 cm³/mol. The molecule has 19 heavy (non-hydrogen) atoms. The van der Waals surface area contributed by atoms with Crippen molar-refractivity contribution in [2.24, 2.45) is 5.92 Å². The van der Waals surface area contributed by atoms with E-state index in [2.05, 4.69) is 20.7 Å². The van der Waals surface area contributed by atoms with E-state index in [4.69, 9.17) is 0 Å². The number of hydrogen-bond acceptors (Lipinski definition) is 3. The molecule has 0 aromatic heterocycles. The zero-order valence-electron chi connectivity index (χ0n) is 10.5. The summed E-state index contributed by atoms with van der Waals surface area (Å²) in [6.45, 7) is 0.669. The summed E-state index contributed by atoms with van der Waals surface area (Å²) >= 11 is 3.38. The maximum absolute atomic E-state index is 11.9. The molecule has 2 rings (SSSR count). The van der Waals surface area contributed by atoms with Crippen LogP contribution in [-0.2, 0) is 14.8 Å². The van der Waals surface area contributed by atoms with Crippen molar-refractivity contribution in [2.45, 2.75) is 11.3 Å². The van der Waals surface area contributed by atoms with Gasteiger partial charge in [0, 0.05) is 24.0 Å². The molecule has 7 heteroatoms. The molecule has 1 amide bonds. The number of carbonyl (C=O) groups excluding carboxylic acids is 1. The summed E-state index contributed by atoms with van der Waals surface area (Å²) in [6, 6.07) is 6.35. The Morgan fingerprint density at radius 3 is 2.47 bits per heavy atom. The quantitative estimate of drug-likeness (QED) is 0.836. The minimum absolute atomic E-state index is 0.0775. The van der Waals surface area contributed by atoms with E-state index in [0.29, 0.717) is 18.9 Å². The molecule has 1 atom stereocenters. The highest BCUT2D eigenvalue weighted by atomic mass is 79.9. The van der Waals surface area contributed by atoms with Crippen LogP contribution in [0.25, 0.3) is 0 Å². The molecule has 1 aromatic rings. The summed E-state index contributed by atoms with van der Waals surface area (Å²) in [5.74, 6) is 0.391. The number of amides is 1. The first-order valence-corrected chi connectivity index (χ1v) is 8.48. The van der Waals surface area contributed by atoms with Crippen molar-refractivity contribution in [1.29, 1.82) is 0 Å². The van der Waals surface area contributed by atoms with Gasteiger partial charge in [-0.05, 0) is 37.2 Å². The van der Waals surface area contributed by atoms with E-state index in [0.717, 1.165) is 11.0 Å². The highest BCUT2D eigenvalue weighted by molar-refractivity contribution is 9.09. The summed E-state index contributed by atoms with van der Waals surface area (Å²) in [5.41, 5.74) is 0.739. The van der Waals surface area contributed by atoms with Crippen molar-refractivity contribution >= 4 is 37.5 Å². The first-order valence-electron chi connectivity index (χ1n) is 5.88. The molecule has 1 aliphatic heterocycles. The Hall–Kier alpha value is -0.920. The molecule has 5 nitrogen and oxygen atoms in total. The Morgan fingerprint density at radius 2 is 2.00 bits per heavy atom. The lowest BCUT2D eigenvalue weighted by atomic mass is 10.2. The van der Waals surface area contributed by atoms with Gasteiger partial charge in [0.1, 0.15) is 0 Å². The fourth-order valence-electron chi connectivity index (χ4n) is 2.06. The number of nitrogens with one attached hydrogen (secondary N) is 1. The van der Waals surface area contributed by atoms with Crippen molar-refractivity contribution < 1.29 is 13.2 Å². The molecule has 104 valence electrons. The second-order valence-corrected chi connectivity index (χ2v) is 6.96. The molecule has 0 saturated carbocycles. The summed E-state index contributed by atoms with van der Waals surface area (Å²) in [7, 11) is -2.06. The molecule has 0 aliphatic carbocycles. The molecule has 1 heterocycles. The lowest BCUT2D eigenvalue weighted by Crippen LogP contribution is -2.25. The van der Waals surface area contributed by atoms with Crippen LogP contribution in [0.5, 0.6) is 0 Å². The van der Waals surface area contributed by atoms with E-state index in [1.54, 1.807) is 17.0 Å². The minimum atomic E-state index is -3.43. The van der Waals surface area contributed by atoms with E-state index >= 15 is 0 Å². The van der Waals surface area contributed by atoms with Crippen LogP contribution in [0.2, 0.25) is 0 Å². The predicted octanol–water partition coefficient (Wildman–Crippen LogP) is 1.34. The molecular weight excluding hydrogens is 332 g/mol. The number of hydrogen-bond donors (Lipinski definition) is 1. The van der Waals surface area contributed by atoms with Gasteiger partial charge in [-0.15, -0.1) is 0 Å². The van der Waals surface area contributed by atoms with Gasteiger partial charge in [-0.3, -0.25) is 4.79 Å². The number of anilines is 1. The van der Waals surface area contributed by atoms with Crippen molar-refractivity contribution in [3.05, 3.63) is 24.3 Å². The molecule has 1 unspecified atom stereocenters. The second-order valence-electron chi connectivity index (χ2n) is 4.43. The van der Waals surface area contributed by atoms with Gasteiger partial charge in [0.05, 0.1) is 4.90 Å². The summed E-state index contributed by atoms with van der Waals surface area (Å²) in [6.07, 6.45) is 0.530. The highest BCUT2D eigenvalue weighted by Crippen LogP contribution is 2.26. The third kappa shape index (κ3) is 2.98. The number of sulfonamides is 1. The number of benzene rings is 1. The molecule has 1 saturated heterocycles. The molecule has 0 spiro atoms. The zero-order valence-corrected chi connectivity index (χ0v) is 12.9. The van der Waals surface area contributed by atoms with Crippen LogP contribution >= 0.6 is 15.9 Å². The van der Waals surface area contributed by atoms with E-state index in [9.17, 15) is 13.2 Å². The summed E-state index contributed by atoms with van der Waals surface area (Å²) < 4.78 is 25.5. The lowest BCUT2D eigenvalue weighted by molar-refractivity contribution is -0.117. The van der Waals surface area contributed by atoms with Crippen LogP contribution in [0.3, 0.4) is 0 Å². The minimum Gasteiger partial charge on any atom is -0.312 e. The number of rotatable bonds is 4. The van der Waals surface area contributed by atoms with E-state index in [1.807, 2.05) is 0 Å². The first-order chi connectivity index (χ1) is 8.97. The maximum atomic E-state index is 11.9. The van der Waals surface area contributed by atoms with E-state index in [-0.39, 0.29) is 10.8 Å². The number of carbonyl (C=O) groups is 1. The van der Waals surface area contributed by atoms with Gasteiger partial charge in [0.15, 0.2) is 0 Å². The first kappa shape index (κ1) is 14.5. The van der Waals surface area contributed by atoms with Gasteiger partial charge in [-0.2, -0.15) is 0 Å². The van der Waals surface area contributed by atoms with Gasteiger partial charge in [-0.1, -0.05) is 15.9 Å². The molecule has 1 fully saturated rings. The van der Waals surface area contributed by atoms with E-state index < -0.39 is 10.0 Å². The molecule has 1 N–H and O–H groups in total. The van der Waals surface area contributed by atoms with Crippen molar-refractivity contribution in [2.75, 3.05) is 23.8 Å². The standard InChI is InChI=1S/C12H15BrN2O3S/c1-14-19(17,18)11-4-2-10(3-5-11)15-8-9(7-13)6-12(15)16/h2-5,9,14H,6-8H2,1H3. The fraction of sp³-hybridized carbons (Fsp3) is 0.417. The molecule has 1 aromatic carbocycles. The topological polar surface area (TPSA) is 66.5 Å². The van der Waals surface area contributed by atoms with Crippen LogP contribution in [0, 0.1) is 5.92 Å². The van der Waals surface area contributed by atoms with Gasteiger partial charge in [0.25, 0.3) is 0 Å². The Balaban J connectivity index is 2.22. The largest absolute Gasteiger partial charge is 0.312 e. The van der Waals surface area contributed by atoms with Crippen molar-refractivity contribution in [3.63, 3.8) is 0 Å². The van der Waals surface area contributed by atoms with Gasteiger partial charge in [-0.25, -0.2) is 13.1 Å². The zero-order chi connectivity index (χ0) is 14.0. The van der Waals surface area contributed by atoms with Gasteiger partial charge in [0.2, 0.25) is 15.9 Å². The third-order valence-electron chi connectivity index (χ3n) is 3.15. The molecule has 1 aliphatic rings. The normalized spacial score (nSPS) is 20.0. The average Bonchev–Trinajstić information content (AvgIpc) is 2.80. The van der Waals surface area contributed by atoms with Crippen LogP contribution < -0.4 is 9.62 Å². The number of alkyl halides is 1. The second kappa shape index (κ2) is 5.60. The number of nitrogens with zero attached hydrogens (tertiary/aromatic N) is 1. The fourth-order valence-corrected chi connectivity index (χ4v) is 3.22. The SMILES string of the molecule is CNS(=O)(=O)c1ccc(N2CC(CBr)CC2=O)cc1. The molecular formula is C12H15BrN2O3S. The average molecular weight is 347 g/mol. The Kier molecular flexibility index (Phi) is 4.27. The van der Waals surface area contributed by atoms with Crippen LogP contribution in [0.1, 0.15) is 6.42 Å². The third-order valence-corrected chi connectivity index (χ3v) is 5.50. The summed E-state index contributed by atoms with van der Waals surface area (Å²) in [4.78, 5) is 13.7. The van der Waals surface area contributed by atoms with E-state index in [1.165, 1.54) is 19.2 Å². The molecule has 0 bridgehead atoms. The lowest BCUT2D eigenvalue weighted by Gasteiger charge is -2.16. The summed E-state index contributed by atoms with van der Waals surface area (Å²) in [5, 5.41) is 0.793. The van der Waals surface area contributed by atoms with Crippen molar-refractivity contribution in [3.8, 4) is 0 Å². The smallest absolute Gasteiger partial charge is 0.240 e. The monoisotopic (exact) mass is 346 g/mol. The molecule has 0 radical (unpaired) electrons. The highest BCUT2D eigenvalue weighted by Gasteiger charge is 2.29. The van der Waals surface area contributed by atoms with Gasteiger partial charge < -0.3 is 4.90 Å². The maximum Gasteiger partial charge on any atom is 0.240 e. The van der Waals surface area contributed by atoms with Crippen molar-refractivity contribution in [1.82, 2.24) is 4.72 Å².